The first-order valence-electron chi connectivity index (χ1n) is 11.0. The van der Waals surface area contributed by atoms with Gasteiger partial charge in [0.2, 0.25) is 5.91 Å². The van der Waals surface area contributed by atoms with Crippen LogP contribution in [0.2, 0.25) is 5.02 Å². The molecule has 1 aliphatic carbocycles. The van der Waals surface area contributed by atoms with Crippen molar-refractivity contribution in [3.8, 4) is 11.1 Å². The molecule has 1 aliphatic rings. The van der Waals surface area contributed by atoms with E-state index in [0.717, 1.165) is 25.0 Å². The van der Waals surface area contributed by atoms with E-state index >= 15 is 0 Å². The largest absolute Gasteiger partial charge is 0.465 e. The first-order valence-corrected chi connectivity index (χ1v) is 11.4. The number of esters is 1. The van der Waals surface area contributed by atoms with Crippen molar-refractivity contribution in [2.75, 3.05) is 12.4 Å². The number of halogens is 4. The molecule has 182 valence electrons. The summed E-state index contributed by atoms with van der Waals surface area (Å²) in [6.07, 6.45) is 0.999. The minimum absolute atomic E-state index is 0.146. The molecule has 0 radical (unpaired) electrons. The normalized spacial score (nSPS) is 14.0. The molecule has 1 amide bonds. The molecule has 9 heteroatoms. The molecule has 0 spiro atoms. The number of alkyl halides is 2. The monoisotopic (exact) mass is 502 g/mol. The van der Waals surface area contributed by atoms with Crippen LogP contribution in [-0.2, 0) is 9.53 Å². The van der Waals surface area contributed by atoms with Crippen molar-refractivity contribution in [1.82, 2.24) is 4.98 Å². The van der Waals surface area contributed by atoms with Crippen molar-refractivity contribution in [1.29, 1.82) is 0 Å². The van der Waals surface area contributed by atoms with E-state index in [0.29, 0.717) is 29.3 Å². The molecule has 1 aromatic heterocycles. The van der Waals surface area contributed by atoms with Gasteiger partial charge in [-0.3, -0.25) is 9.78 Å². The molecular formula is C26H22ClF3N2O3. The van der Waals surface area contributed by atoms with Crippen LogP contribution < -0.4 is 5.32 Å². The summed E-state index contributed by atoms with van der Waals surface area (Å²) in [4.78, 5) is 29.1. The van der Waals surface area contributed by atoms with Crippen LogP contribution in [0, 0.1) is 11.7 Å². The third-order valence-corrected chi connectivity index (χ3v) is 6.24. The van der Waals surface area contributed by atoms with Gasteiger partial charge in [-0.25, -0.2) is 18.0 Å². The molecule has 2 aromatic carbocycles. The molecule has 1 fully saturated rings. The second kappa shape index (κ2) is 10.5. The molecule has 1 saturated carbocycles. The minimum atomic E-state index is -2.89. The lowest BCUT2D eigenvalue weighted by atomic mass is 9.94. The zero-order chi connectivity index (χ0) is 25.1. The summed E-state index contributed by atoms with van der Waals surface area (Å²) in [6, 6.07) is 11.5. The molecule has 4 rings (SSSR count). The van der Waals surface area contributed by atoms with E-state index in [1.807, 2.05) is 0 Å². The van der Waals surface area contributed by atoms with Gasteiger partial charge in [-0.2, -0.15) is 0 Å². The zero-order valence-corrected chi connectivity index (χ0v) is 19.5. The second-order valence-corrected chi connectivity index (χ2v) is 8.80. The van der Waals surface area contributed by atoms with Crippen molar-refractivity contribution in [3.63, 3.8) is 0 Å². The highest BCUT2D eigenvalue weighted by Gasteiger charge is 2.31. The third-order valence-electron chi connectivity index (χ3n) is 5.95. The van der Waals surface area contributed by atoms with Crippen LogP contribution >= 0.6 is 11.6 Å². The number of nitrogens with zero attached hydrogens (tertiary/aromatic N) is 1. The highest BCUT2D eigenvalue weighted by Crippen LogP contribution is 2.40. The Labute approximate surface area is 205 Å². The van der Waals surface area contributed by atoms with Gasteiger partial charge < -0.3 is 10.1 Å². The molecule has 35 heavy (non-hydrogen) atoms. The van der Waals surface area contributed by atoms with Gasteiger partial charge in [0.15, 0.2) is 0 Å². The van der Waals surface area contributed by atoms with E-state index in [9.17, 15) is 22.8 Å². The van der Waals surface area contributed by atoms with Gasteiger partial charge in [0.05, 0.1) is 29.3 Å². The van der Waals surface area contributed by atoms with Gasteiger partial charge in [-0.15, -0.1) is 0 Å². The van der Waals surface area contributed by atoms with Crippen LogP contribution in [0.4, 0.5) is 18.9 Å². The summed E-state index contributed by atoms with van der Waals surface area (Å²) < 4.78 is 46.3. The Morgan fingerprint density at radius 3 is 2.40 bits per heavy atom. The number of rotatable bonds is 8. The Hall–Kier alpha value is -3.39. The zero-order valence-electron chi connectivity index (χ0n) is 18.7. The summed E-state index contributed by atoms with van der Waals surface area (Å²) in [5, 5.41) is 2.57. The summed E-state index contributed by atoms with van der Waals surface area (Å²) in [7, 11) is 1.29. The van der Waals surface area contributed by atoms with E-state index in [-0.39, 0.29) is 22.1 Å². The van der Waals surface area contributed by atoms with Gasteiger partial charge in [-0.1, -0.05) is 36.6 Å². The van der Waals surface area contributed by atoms with E-state index in [2.05, 4.69) is 15.0 Å². The van der Waals surface area contributed by atoms with Crippen molar-refractivity contribution in [2.45, 2.75) is 31.6 Å². The number of anilines is 1. The SMILES string of the molecule is COC(=O)c1ccc(NC(=O)C(CC2CC2)c2ccc(-c3c(C(F)F)ccc(Cl)c3F)cn2)cc1. The number of nitrogens with one attached hydrogen (secondary N) is 1. The summed E-state index contributed by atoms with van der Waals surface area (Å²) in [5.41, 5.74) is 0.666. The average Bonchev–Trinajstić information content (AvgIpc) is 3.68. The van der Waals surface area contributed by atoms with Crippen LogP contribution in [-0.4, -0.2) is 24.0 Å². The predicted octanol–water partition coefficient (Wildman–Crippen LogP) is 6.79. The third kappa shape index (κ3) is 5.65. The lowest BCUT2D eigenvalue weighted by Crippen LogP contribution is -2.22. The number of aromatic nitrogens is 1. The molecule has 0 bridgehead atoms. The Bertz CT molecular complexity index is 1230. The molecule has 1 heterocycles. The molecule has 0 aliphatic heterocycles. The summed E-state index contributed by atoms with van der Waals surface area (Å²) >= 11 is 5.82. The highest BCUT2D eigenvalue weighted by atomic mass is 35.5. The molecule has 3 aromatic rings. The standard InChI is InChI=1S/C26H22ClF3N2O3/c1-35-26(34)15-4-7-17(8-5-15)32-25(33)19(12-14-2-3-14)21-11-6-16(13-31-21)22-18(24(29)30)9-10-20(27)23(22)28/h4-11,13-14,19,24H,2-3,12H2,1H3,(H,32,33). The number of carbonyl (C=O) groups excluding carboxylic acids is 2. The van der Waals surface area contributed by atoms with E-state index in [1.165, 1.54) is 19.4 Å². The molecule has 1 N–H and O–H groups in total. The maximum Gasteiger partial charge on any atom is 0.337 e. The van der Waals surface area contributed by atoms with Gasteiger partial charge in [0.25, 0.3) is 6.43 Å². The Balaban J connectivity index is 1.58. The fourth-order valence-electron chi connectivity index (χ4n) is 3.89. The lowest BCUT2D eigenvalue weighted by Gasteiger charge is -2.17. The number of hydrogen-bond acceptors (Lipinski definition) is 4. The van der Waals surface area contributed by atoms with Crippen LogP contribution in [0.5, 0.6) is 0 Å². The van der Waals surface area contributed by atoms with Crippen LogP contribution in [0.25, 0.3) is 11.1 Å². The molecular weight excluding hydrogens is 481 g/mol. The van der Waals surface area contributed by atoms with Crippen LogP contribution in [0.3, 0.4) is 0 Å². The number of hydrogen-bond donors (Lipinski definition) is 1. The molecule has 0 saturated heterocycles. The van der Waals surface area contributed by atoms with Crippen LogP contribution in [0.1, 0.15) is 53.2 Å². The number of carbonyl (C=O) groups is 2. The van der Waals surface area contributed by atoms with Crippen LogP contribution in [0.15, 0.2) is 54.7 Å². The number of benzene rings is 2. The van der Waals surface area contributed by atoms with E-state index in [4.69, 9.17) is 11.6 Å². The Morgan fingerprint density at radius 2 is 1.83 bits per heavy atom. The van der Waals surface area contributed by atoms with E-state index < -0.39 is 29.7 Å². The second-order valence-electron chi connectivity index (χ2n) is 8.39. The van der Waals surface area contributed by atoms with Crippen molar-refractivity contribution in [3.05, 3.63) is 82.4 Å². The number of ether oxygens (including phenoxy) is 1. The fourth-order valence-corrected chi connectivity index (χ4v) is 4.04. The Kier molecular flexibility index (Phi) is 7.40. The van der Waals surface area contributed by atoms with Crippen molar-refractivity contribution in [2.24, 2.45) is 5.92 Å². The minimum Gasteiger partial charge on any atom is -0.465 e. The summed E-state index contributed by atoms with van der Waals surface area (Å²) in [6.45, 7) is 0. The Morgan fingerprint density at radius 1 is 1.11 bits per heavy atom. The maximum atomic E-state index is 14.6. The fraction of sp³-hybridized carbons (Fsp3) is 0.269. The number of methoxy groups -OCH3 is 1. The lowest BCUT2D eigenvalue weighted by molar-refractivity contribution is -0.117. The smallest absolute Gasteiger partial charge is 0.337 e. The number of pyridine rings is 1. The summed E-state index contributed by atoms with van der Waals surface area (Å²) in [5.74, 6) is -1.91. The topological polar surface area (TPSA) is 68.3 Å². The predicted molar refractivity (Wildman–Crippen MR) is 126 cm³/mol. The van der Waals surface area contributed by atoms with Crippen molar-refractivity contribution >= 4 is 29.2 Å². The maximum absolute atomic E-state index is 14.6. The molecule has 1 atom stereocenters. The quantitative estimate of drug-likeness (QED) is 0.344. The van der Waals surface area contributed by atoms with Gasteiger partial charge in [-0.05, 0) is 48.7 Å². The number of amides is 1. The van der Waals surface area contributed by atoms with Crippen molar-refractivity contribution < 1.29 is 27.5 Å². The van der Waals surface area contributed by atoms with E-state index in [1.54, 1.807) is 30.3 Å². The average molecular weight is 503 g/mol. The molecule has 1 unspecified atom stereocenters. The van der Waals surface area contributed by atoms with Gasteiger partial charge >= 0.3 is 5.97 Å². The molecule has 5 nitrogen and oxygen atoms in total. The first-order chi connectivity index (χ1) is 16.8. The highest BCUT2D eigenvalue weighted by molar-refractivity contribution is 6.31. The van der Waals surface area contributed by atoms with Gasteiger partial charge in [0, 0.05) is 28.6 Å². The first kappa shape index (κ1) is 24.7. The van der Waals surface area contributed by atoms with Gasteiger partial charge in [0.1, 0.15) is 5.82 Å².